The van der Waals surface area contributed by atoms with E-state index in [1.165, 1.54) is 0 Å². The molecular weight excluding hydrogens is 340 g/mol. The molecule has 1 amide bonds. The van der Waals surface area contributed by atoms with Crippen LogP contribution in [0.25, 0.3) is 10.8 Å². The minimum atomic E-state index is -0.207. The van der Waals surface area contributed by atoms with Crippen LogP contribution in [0.4, 0.5) is 5.69 Å². The zero-order valence-electron chi connectivity index (χ0n) is 15.3. The molecular formula is C22H22N2O3. The van der Waals surface area contributed by atoms with Crippen LogP contribution in [0.2, 0.25) is 0 Å². The number of fused-ring (bicyclic) bond motifs is 1. The first kappa shape index (κ1) is 17.5. The largest absolute Gasteiger partial charge is 0.493 e. The summed E-state index contributed by atoms with van der Waals surface area (Å²) in [5.41, 5.74) is 2.02. The zero-order valence-corrected chi connectivity index (χ0v) is 15.3. The van der Waals surface area contributed by atoms with Gasteiger partial charge >= 0.3 is 0 Å². The van der Waals surface area contributed by atoms with Gasteiger partial charge in [-0.3, -0.25) is 9.78 Å². The van der Waals surface area contributed by atoms with Crippen molar-refractivity contribution in [2.45, 2.75) is 13.3 Å². The summed E-state index contributed by atoms with van der Waals surface area (Å²) in [4.78, 5) is 16.6. The quantitative estimate of drug-likeness (QED) is 0.739. The lowest BCUT2D eigenvalue weighted by atomic mass is 10.1. The van der Waals surface area contributed by atoms with E-state index in [2.05, 4.69) is 10.3 Å². The Balaban J connectivity index is 1.52. The maximum Gasteiger partial charge on any atom is 0.274 e. The Morgan fingerprint density at radius 1 is 1.26 bits per heavy atom. The Hall–Kier alpha value is -2.92. The highest BCUT2D eigenvalue weighted by Crippen LogP contribution is 2.29. The molecule has 5 heteroatoms. The van der Waals surface area contributed by atoms with E-state index in [4.69, 9.17) is 9.47 Å². The topological polar surface area (TPSA) is 60.5 Å². The Morgan fingerprint density at radius 3 is 3.00 bits per heavy atom. The summed E-state index contributed by atoms with van der Waals surface area (Å²) in [6, 6.07) is 15.5. The summed E-state index contributed by atoms with van der Waals surface area (Å²) in [5, 5.41) is 4.98. The lowest BCUT2D eigenvalue weighted by Gasteiger charge is -2.13. The number of ether oxygens (including phenoxy) is 2. The van der Waals surface area contributed by atoms with Gasteiger partial charge in [0.05, 0.1) is 13.2 Å². The monoisotopic (exact) mass is 362 g/mol. The molecule has 1 aliphatic heterocycles. The summed E-state index contributed by atoms with van der Waals surface area (Å²) in [5.74, 6) is 1.11. The SMILES string of the molecule is Cc1cccnc1C(=O)Nc1ccc2c(OCC3CCOC3)cccc2c1. The van der Waals surface area contributed by atoms with Gasteiger partial charge in [0.1, 0.15) is 11.4 Å². The Kier molecular flexibility index (Phi) is 5.03. The van der Waals surface area contributed by atoms with Crippen LogP contribution in [0, 0.1) is 12.8 Å². The second kappa shape index (κ2) is 7.76. The first-order chi connectivity index (χ1) is 13.2. The average molecular weight is 362 g/mol. The first-order valence-corrected chi connectivity index (χ1v) is 9.17. The van der Waals surface area contributed by atoms with Crippen LogP contribution in [-0.4, -0.2) is 30.7 Å². The average Bonchev–Trinajstić information content (AvgIpc) is 3.20. The summed E-state index contributed by atoms with van der Waals surface area (Å²) >= 11 is 0. The molecule has 4 rings (SSSR count). The van der Waals surface area contributed by atoms with Gasteiger partial charge in [-0.25, -0.2) is 0 Å². The van der Waals surface area contributed by atoms with Crippen molar-refractivity contribution in [2.75, 3.05) is 25.1 Å². The third-order valence-corrected chi connectivity index (χ3v) is 4.82. The van der Waals surface area contributed by atoms with Crippen LogP contribution in [0.5, 0.6) is 5.75 Å². The number of hydrogen-bond donors (Lipinski definition) is 1. The van der Waals surface area contributed by atoms with Gasteiger partial charge in [0.15, 0.2) is 0 Å². The van der Waals surface area contributed by atoms with Crippen molar-refractivity contribution in [3.8, 4) is 5.75 Å². The number of pyridine rings is 1. The molecule has 138 valence electrons. The van der Waals surface area contributed by atoms with Gasteiger partial charge in [0.2, 0.25) is 0 Å². The summed E-state index contributed by atoms with van der Waals surface area (Å²) < 4.78 is 11.4. The molecule has 0 bridgehead atoms. The molecule has 1 atom stereocenters. The molecule has 1 unspecified atom stereocenters. The fraction of sp³-hybridized carbons (Fsp3) is 0.273. The smallest absolute Gasteiger partial charge is 0.274 e. The summed E-state index contributed by atoms with van der Waals surface area (Å²) in [6.45, 7) is 4.13. The second-order valence-corrected chi connectivity index (χ2v) is 6.86. The van der Waals surface area contributed by atoms with Crippen LogP contribution in [-0.2, 0) is 4.74 Å². The van der Waals surface area contributed by atoms with E-state index in [0.29, 0.717) is 18.2 Å². The summed E-state index contributed by atoms with van der Waals surface area (Å²) in [6.07, 6.45) is 2.68. The van der Waals surface area contributed by atoms with Crippen molar-refractivity contribution < 1.29 is 14.3 Å². The number of nitrogens with one attached hydrogen (secondary N) is 1. The maximum atomic E-state index is 12.5. The third kappa shape index (κ3) is 3.93. The number of nitrogens with zero attached hydrogens (tertiary/aromatic N) is 1. The van der Waals surface area contributed by atoms with E-state index < -0.39 is 0 Å². The molecule has 1 N–H and O–H groups in total. The van der Waals surface area contributed by atoms with E-state index >= 15 is 0 Å². The minimum absolute atomic E-state index is 0.207. The molecule has 27 heavy (non-hydrogen) atoms. The van der Waals surface area contributed by atoms with Gasteiger partial charge in [0, 0.05) is 29.8 Å². The minimum Gasteiger partial charge on any atom is -0.493 e. The standard InChI is InChI=1S/C22H22N2O3/c1-15-4-3-10-23-21(15)22(25)24-18-7-8-19-17(12-18)5-2-6-20(19)27-14-16-9-11-26-13-16/h2-8,10,12,16H,9,11,13-14H2,1H3,(H,24,25). The molecule has 2 aromatic carbocycles. The van der Waals surface area contributed by atoms with Crippen LogP contribution in [0.15, 0.2) is 54.7 Å². The lowest BCUT2D eigenvalue weighted by molar-refractivity contribution is 0.102. The molecule has 0 aliphatic carbocycles. The van der Waals surface area contributed by atoms with E-state index in [-0.39, 0.29) is 5.91 Å². The number of hydrogen-bond acceptors (Lipinski definition) is 4. The fourth-order valence-corrected chi connectivity index (χ4v) is 3.29. The van der Waals surface area contributed by atoms with Crippen molar-refractivity contribution in [2.24, 2.45) is 5.92 Å². The third-order valence-electron chi connectivity index (χ3n) is 4.82. The first-order valence-electron chi connectivity index (χ1n) is 9.17. The predicted octanol–water partition coefficient (Wildman–Crippen LogP) is 4.21. The Labute approximate surface area is 158 Å². The highest BCUT2D eigenvalue weighted by Gasteiger charge is 2.17. The van der Waals surface area contributed by atoms with Crippen molar-refractivity contribution >= 4 is 22.4 Å². The number of amides is 1. The molecule has 1 aliphatic rings. The number of anilines is 1. The molecule has 5 nitrogen and oxygen atoms in total. The van der Waals surface area contributed by atoms with Gasteiger partial charge in [-0.15, -0.1) is 0 Å². The maximum absolute atomic E-state index is 12.5. The van der Waals surface area contributed by atoms with E-state index in [9.17, 15) is 4.79 Å². The van der Waals surface area contributed by atoms with Crippen molar-refractivity contribution in [1.29, 1.82) is 0 Å². The molecule has 1 saturated heterocycles. The predicted molar refractivity (Wildman–Crippen MR) is 105 cm³/mol. The Bertz CT molecular complexity index is 965. The molecule has 0 radical (unpaired) electrons. The molecule has 0 spiro atoms. The van der Waals surface area contributed by atoms with Crippen LogP contribution in [0.1, 0.15) is 22.5 Å². The molecule has 0 saturated carbocycles. The number of benzene rings is 2. The number of rotatable bonds is 5. The van der Waals surface area contributed by atoms with Gasteiger partial charge in [0.25, 0.3) is 5.91 Å². The number of carbonyl (C=O) groups is 1. The van der Waals surface area contributed by atoms with Gasteiger partial charge in [-0.2, -0.15) is 0 Å². The van der Waals surface area contributed by atoms with Crippen molar-refractivity contribution in [3.63, 3.8) is 0 Å². The second-order valence-electron chi connectivity index (χ2n) is 6.86. The van der Waals surface area contributed by atoms with Gasteiger partial charge < -0.3 is 14.8 Å². The van der Waals surface area contributed by atoms with Gasteiger partial charge in [-0.05, 0) is 54.6 Å². The van der Waals surface area contributed by atoms with Crippen molar-refractivity contribution in [1.82, 2.24) is 4.98 Å². The van der Waals surface area contributed by atoms with Crippen LogP contribution < -0.4 is 10.1 Å². The summed E-state index contributed by atoms with van der Waals surface area (Å²) in [7, 11) is 0. The fourth-order valence-electron chi connectivity index (χ4n) is 3.29. The molecule has 1 fully saturated rings. The van der Waals surface area contributed by atoms with Crippen LogP contribution >= 0.6 is 0 Å². The molecule has 3 aromatic rings. The van der Waals surface area contributed by atoms with Crippen molar-refractivity contribution in [3.05, 3.63) is 66.0 Å². The normalized spacial score (nSPS) is 16.4. The molecule has 1 aromatic heterocycles. The number of aromatic nitrogens is 1. The highest BCUT2D eigenvalue weighted by molar-refractivity contribution is 6.05. The Morgan fingerprint density at radius 2 is 2.19 bits per heavy atom. The number of carbonyl (C=O) groups excluding carboxylic acids is 1. The van der Waals surface area contributed by atoms with Gasteiger partial charge in [-0.1, -0.05) is 18.2 Å². The van der Waals surface area contributed by atoms with E-state index in [1.807, 2.05) is 55.5 Å². The van der Waals surface area contributed by atoms with E-state index in [1.54, 1.807) is 6.20 Å². The number of aryl methyl sites for hydroxylation is 1. The molecule has 2 heterocycles. The van der Waals surface area contributed by atoms with E-state index in [0.717, 1.165) is 47.4 Å². The lowest BCUT2D eigenvalue weighted by Crippen LogP contribution is -2.15. The van der Waals surface area contributed by atoms with Crippen LogP contribution in [0.3, 0.4) is 0 Å². The highest BCUT2D eigenvalue weighted by atomic mass is 16.5. The zero-order chi connectivity index (χ0) is 18.6.